The van der Waals surface area contributed by atoms with E-state index < -0.39 is 11.6 Å². The fourth-order valence-corrected chi connectivity index (χ4v) is 2.48. The van der Waals surface area contributed by atoms with E-state index in [0.717, 1.165) is 23.4 Å². The van der Waals surface area contributed by atoms with Gasteiger partial charge in [-0.2, -0.15) is 0 Å². The Balaban J connectivity index is 2.42. The van der Waals surface area contributed by atoms with Crippen molar-refractivity contribution in [2.45, 2.75) is 13.3 Å². The molecule has 0 spiro atoms. The zero-order chi connectivity index (χ0) is 13.3. The van der Waals surface area contributed by atoms with Crippen molar-refractivity contribution in [3.05, 3.63) is 51.2 Å². The smallest absolute Gasteiger partial charge is 0.205 e. The molecule has 1 heterocycles. The van der Waals surface area contributed by atoms with Crippen molar-refractivity contribution in [1.29, 1.82) is 0 Å². The summed E-state index contributed by atoms with van der Waals surface area (Å²) in [5, 5.41) is 0. The zero-order valence-electron chi connectivity index (χ0n) is 9.67. The monoisotopic (exact) mass is 267 g/mol. The number of ketones is 1. The minimum absolute atomic E-state index is 0.00148. The maximum absolute atomic E-state index is 13.1. The summed E-state index contributed by atoms with van der Waals surface area (Å²) in [6.45, 7) is 1.98. The summed E-state index contributed by atoms with van der Waals surface area (Å²) in [6, 6.07) is 5.19. The molecule has 0 saturated carbocycles. The number of hydrogen-bond acceptors (Lipinski definition) is 3. The third-order valence-electron chi connectivity index (χ3n) is 2.57. The minimum atomic E-state index is -1.07. The van der Waals surface area contributed by atoms with Gasteiger partial charge in [0.05, 0.1) is 4.88 Å². The van der Waals surface area contributed by atoms with E-state index in [1.165, 1.54) is 11.3 Å². The lowest BCUT2D eigenvalue weighted by Gasteiger charge is -2.04. The first-order chi connectivity index (χ1) is 8.52. The molecule has 2 nitrogen and oxygen atoms in total. The van der Waals surface area contributed by atoms with Crippen LogP contribution < -0.4 is 5.73 Å². The molecule has 1 aromatic carbocycles. The van der Waals surface area contributed by atoms with E-state index in [9.17, 15) is 13.6 Å². The van der Waals surface area contributed by atoms with Crippen LogP contribution in [0, 0.1) is 11.6 Å². The number of hydrogen-bond donors (Lipinski definition) is 1. The average Bonchev–Trinajstić information content (AvgIpc) is 2.81. The molecule has 2 aromatic rings. The van der Waals surface area contributed by atoms with Gasteiger partial charge in [0.15, 0.2) is 11.6 Å². The van der Waals surface area contributed by atoms with Gasteiger partial charge in [-0.05, 0) is 24.6 Å². The van der Waals surface area contributed by atoms with Gasteiger partial charge in [0, 0.05) is 22.2 Å². The van der Waals surface area contributed by atoms with E-state index in [0.29, 0.717) is 4.88 Å². The molecule has 2 N–H and O–H groups in total. The lowest BCUT2D eigenvalue weighted by Crippen LogP contribution is -2.05. The topological polar surface area (TPSA) is 43.1 Å². The first kappa shape index (κ1) is 12.7. The Morgan fingerprint density at radius 1 is 1.28 bits per heavy atom. The molecule has 94 valence electrons. The largest absolute Gasteiger partial charge is 0.398 e. The van der Waals surface area contributed by atoms with Gasteiger partial charge in [-0.1, -0.05) is 6.92 Å². The van der Waals surface area contributed by atoms with Crippen LogP contribution >= 0.6 is 11.3 Å². The Hall–Kier alpha value is -1.75. The number of thiophene rings is 1. The molecule has 1 aromatic heterocycles. The lowest BCUT2D eigenvalue weighted by atomic mass is 10.1. The number of carbonyl (C=O) groups is 1. The van der Waals surface area contributed by atoms with Crippen molar-refractivity contribution in [2.75, 3.05) is 5.73 Å². The van der Waals surface area contributed by atoms with Gasteiger partial charge in [-0.15, -0.1) is 11.3 Å². The Morgan fingerprint density at radius 2 is 1.94 bits per heavy atom. The van der Waals surface area contributed by atoms with Crippen molar-refractivity contribution in [3.8, 4) is 0 Å². The van der Waals surface area contributed by atoms with E-state index >= 15 is 0 Å². The molecule has 18 heavy (non-hydrogen) atoms. The number of rotatable bonds is 3. The van der Waals surface area contributed by atoms with Crippen molar-refractivity contribution >= 4 is 22.8 Å². The fourth-order valence-electron chi connectivity index (χ4n) is 1.58. The SMILES string of the molecule is CCc1ccc(C(=O)c2cc(F)c(F)cc2N)s1. The highest BCUT2D eigenvalue weighted by atomic mass is 32.1. The molecule has 0 bridgehead atoms. The van der Waals surface area contributed by atoms with Gasteiger partial charge in [0.1, 0.15) is 0 Å². The van der Waals surface area contributed by atoms with Crippen LogP contribution in [0.25, 0.3) is 0 Å². The number of anilines is 1. The number of nitrogens with two attached hydrogens (primary N) is 1. The van der Waals surface area contributed by atoms with E-state index in [1.54, 1.807) is 6.07 Å². The van der Waals surface area contributed by atoms with Crippen LogP contribution in [0.4, 0.5) is 14.5 Å². The van der Waals surface area contributed by atoms with Crippen LogP contribution in [0.2, 0.25) is 0 Å². The Kier molecular flexibility index (Phi) is 3.43. The summed E-state index contributed by atoms with van der Waals surface area (Å²) in [5.41, 5.74) is 5.49. The van der Waals surface area contributed by atoms with Crippen molar-refractivity contribution in [3.63, 3.8) is 0 Å². The van der Waals surface area contributed by atoms with Gasteiger partial charge in [-0.3, -0.25) is 4.79 Å². The summed E-state index contributed by atoms with van der Waals surface area (Å²) >= 11 is 1.33. The second kappa shape index (κ2) is 4.86. The van der Waals surface area contributed by atoms with Crippen LogP contribution in [0.3, 0.4) is 0 Å². The van der Waals surface area contributed by atoms with Gasteiger partial charge in [0.2, 0.25) is 5.78 Å². The maximum Gasteiger partial charge on any atom is 0.205 e. The van der Waals surface area contributed by atoms with Gasteiger partial charge < -0.3 is 5.73 Å². The van der Waals surface area contributed by atoms with Gasteiger partial charge >= 0.3 is 0 Å². The molecule has 5 heteroatoms. The highest BCUT2D eigenvalue weighted by molar-refractivity contribution is 7.14. The first-order valence-electron chi connectivity index (χ1n) is 5.41. The van der Waals surface area contributed by atoms with Crippen LogP contribution in [-0.2, 0) is 6.42 Å². The van der Waals surface area contributed by atoms with Gasteiger partial charge in [0.25, 0.3) is 0 Å². The van der Waals surface area contributed by atoms with E-state index in [1.807, 2.05) is 13.0 Å². The molecule has 0 radical (unpaired) electrons. The number of halogens is 2. The van der Waals surface area contributed by atoms with E-state index in [-0.39, 0.29) is 17.0 Å². The minimum Gasteiger partial charge on any atom is -0.398 e. The summed E-state index contributed by atoms with van der Waals surface area (Å²) in [4.78, 5) is 13.6. The highest BCUT2D eigenvalue weighted by Gasteiger charge is 2.17. The van der Waals surface area contributed by atoms with Crippen molar-refractivity contribution in [1.82, 2.24) is 0 Å². The Morgan fingerprint density at radius 3 is 2.56 bits per heavy atom. The van der Waals surface area contributed by atoms with Crippen LogP contribution in [0.15, 0.2) is 24.3 Å². The fraction of sp³-hybridized carbons (Fsp3) is 0.154. The number of nitrogen functional groups attached to an aromatic ring is 1. The van der Waals surface area contributed by atoms with Crippen molar-refractivity contribution < 1.29 is 13.6 Å². The molecule has 0 atom stereocenters. The number of aryl methyl sites for hydroxylation is 1. The lowest BCUT2D eigenvalue weighted by molar-refractivity contribution is 0.104. The summed E-state index contributed by atoms with van der Waals surface area (Å²) in [5.74, 6) is -2.50. The van der Waals surface area contributed by atoms with E-state index in [2.05, 4.69) is 0 Å². The first-order valence-corrected chi connectivity index (χ1v) is 6.22. The maximum atomic E-state index is 13.1. The molecular formula is C13H11F2NOS. The molecule has 0 aliphatic heterocycles. The normalized spacial score (nSPS) is 10.6. The molecule has 0 saturated heterocycles. The standard InChI is InChI=1S/C13H11F2NOS/c1-2-7-3-4-12(18-7)13(17)8-5-9(14)10(15)6-11(8)16/h3-6H,2,16H2,1H3. The Bertz CT molecular complexity index is 607. The molecule has 0 amide bonds. The van der Waals surface area contributed by atoms with Crippen LogP contribution in [0.1, 0.15) is 27.0 Å². The van der Waals surface area contributed by atoms with Crippen molar-refractivity contribution in [2.24, 2.45) is 0 Å². The van der Waals surface area contributed by atoms with E-state index in [4.69, 9.17) is 5.73 Å². The number of carbonyl (C=O) groups excluding carboxylic acids is 1. The molecule has 0 fully saturated rings. The molecule has 0 unspecified atom stereocenters. The molecular weight excluding hydrogens is 256 g/mol. The van der Waals surface area contributed by atoms with Crippen LogP contribution in [0.5, 0.6) is 0 Å². The highest BCUT2D eigenvalue weighted by Crippen LogP contribution is 2.24. The summed E-state index contributed by atoms with van der Waals surface area (Å²) < 4.78 is 26.0. The van der Waals surface area contributed by atoms with Gasteiger partial charge in [-0.25, -0.2) is 8.78 Å². The molecule has 0 aliphatic rings. The van der Waals surface area contributed by atoms with Crippen LogP contribution in [-0.4, -0.2) is 5.78 Å². The third kappa shape index (κ3) is 2.26. The predicted molar refractivity (Wildman–Crippen MR) is 67.9 cm³/mol. The quantitative estimate of drug-likeness (QED) is 0.684. The molecule has 2 rings (SSSR count). The summed E-state index contributed by atoms with van der Waals surface area (Å²) in [6.07, 6.45) is 0.825. The second-order valence-electron chi connectivity index (χ2n) is 3.80. The second-order valence-corrected chi connectivity index (χ2v) is 4.97. The average molecular weight is 267 g/mol. The number of benzene rings is 1. The summed E-state index contributed by atoms with van der Waals surface area (Å²) in [7, 11) is 0. The third-order valence-corrected chi connectivity index (χ3v) is 3.80. The Labute approximate surface area is 107 Å². The zero-order valence-corrected chi connectivity index (χ0v) is 10.5. The molecule has 0 aliphatic carbocycles. The predicted octanol–water partition coefficient (Wildman–Crippen LogP) is 3.40.